The first-order chi connectivity index (χ1) is 12.1. The minimum absolute atomic E-state index is 0.306. The second-order valence-corrected chi connectivity index (χ2v) is 6.97. The fraction of sp³-hybridized carbons (Fsp3) is 0.304. The zero-order chi connectivity index (χ0) is 18.1. The molecule has 1 unspecified atom stereocenters. The van der Waals surface area contributed by atoms with Crippen LogP contribution in [0.15, 0.2) is 83.4 Å². The lowest BCUT2D eigenvalue weighted by molar-refractivity contribution is 0.666. The Morgan fingerprint density at radius 2 is 2.24 bits per heavy atom. The van der Waals surface area contributed by atoms with E-state index in [2.05, 4.69) is 87.0 Å². The highest BCUT2D eigenvalue weighted by Crippen LogP contribution is 2.19. The maximum atomic E-state index is 4.64. The summed E-state index contributed by atoms with van der Waals surface area (Å²) in [6, 6.07) is 6.83. The van der Waals surface area contributed by atoms with Crippen molar-refractivity contribution in [3.63, 3.8) is 0 Å². The summed E-state index contributed by atoms with van der Waals surface area (Å²) in [6.07, 6.45) is 18.1. The molecule has 1 aliphatic carbocycles. The van der Waals surface area contributed by atoms with Gasteiger partial charge in [0.15, 0.2) is 0 Å². The Morgan fingerprint density at radius 3 is 3.00 bits per heavy atom. The van der Waals surface area contributed by atoms with E-state index in [1.165, 1.54) is 22.3 Å². The molecular formula is C23H29NS. The van der Waals surface area contributed by atoms with Gasteiger partial charge in [0, 0.05) is 17.5 Å². The van der Waals surface area contributed by atoms with E-state index >= 15 is 0 Å². The molecule has 132 valence electrons. The predicted octanol–water partition coefficient (Wildman–Crippen LogP) is 5.96. The van der Waals surface area contributed by atoms with Gasteiger partial charge >= 0.3 is 0 Å². The minimum Gasteiger partial charge on any atom is -0.303 e. The Morgan fingerprint density at radius 1 is 1.40 bits per heavy atom. The molecular weight excluding hydrogens is 322 g/mol. The van der Waals surface area contributed by atoms with Gasteiger partial charge in [0.05, 0.1) is 0 Å². The summed E-state index contributed by atoms with van der Waals surface area (Å²) in [5.74, 6) is 0. The standard InChI is InChI=1S/C23H29NS/c1-4-6-10-19(5-2)15-20-12-13-23(25)21(16-20)17-24-22-11-8-7-9-18(3)14-22/h4-6,8,10-14,16,22,24-25H,1,7,9,15,17H2,2-3H3/b10-6-,19-5+. The van der Waals surface area contributed by atoms with Crippen molar-refractivity contribution < 1.29 is 0 Å². The van der Waals surface area contributed by atoms with Gasteiger partial charge in [-0.3, -0.25) is 0 Å². The topological polar surface area (TPSA) is 12.0 Å². The molecule has 1 nitrogen and oxygen atoms in total. The van der Waals surface area contributed by atoms with Crippen molar-refractivity contribution in [1.29, 1.82) is 0 Å². The molecule has 0 saturated heterocycles. The summed E-state index contributed by atoms with van der Waals surface area (Å²) in [7, 11) is 0. The summed E-state index contributed by atoms with van der Waals surface area (Å²) in [6.45, 7) is 8.84. The average Bonchev–Trinajstić information content (AvgIpc) is 2.82. The van der Waals surface area contributed by atoms with Crippen LogP contribution in [0.25, 0.3) is 0 Å². The fourth-order valence-corrected chi connectivity index (χ4v) is 3.15. The first-order valence-electron chi connectivity index (χ1n) is 8.94. The number of benzene rings is 1. The van der Waals surface area contributed by atoms with Gasteiger partial charge in [0.1, 0.15) is 0 Å². The molecule has 0 radical (unpaired) electrons. The molecule has 2 heteroatoms. The summed E-state index contributed by atoms with van der Waals surface area (Å²) < 4.78 is 0. The summed E-state index contributed by atoms with van der Waals surface area (Å²) in [4.78, 5) is 1.04. The third-order valence-electron chi connectivity index (χ3n) is 4.41. The molecule has 0 aliphatic heterocycles. The zero-order valence-corrected chi connectivity index (χ0v) is 16.2. The molecule has 0 spiro atoms. The van der Waals surface area contributed by atoms with E-state index in [0.29, 0.717) is 6.04 Å². The second kappa shape index (κ2) is 10.3. The summed E-state index contributed by atoms with van der Waals surface area (Å²) in [5.41, 5.74) is 5.29. The number of hydrogen-bond acceptors (Lipinski definition) is 2. The third kappa shape index (κ3) is 6.56. The van der Waals surface area contributed by atoms with Crippen LogP contribution in [0.1, 0.15) is 37.8 Å². The van der Waals surface area contributed by atoms with Crippen molar-refractivity contribution in [2.75, 3.05) is 0 Å². The number of hydrogen-bond donors (Lipinski definition) is 2. The van der Waals surface area contributed by atoms with Crippen LogP contribution in [0.4, 0.5) is 0 Å². The molecule has 2 rings (SSSR count). The molecule has 0 amide bonds. The van der Waals surface area contributed by atoms with Crippen LogP contribution in [-0.2, 0) is 13.0 Å². The third-order valence-corrected chi connectivity index (χ3v) is 4.85. The molecule has 0 fully saturated rings. The smallest absolute Gasteiger partial charge is 0.0440 e. The Hall–Kier alpha value is -1.77. The highest BCUT2D eigenvalue weighted by Gasteiger charge is 2.07. The van der Waals surface area contributed by atoms with Crippen LogP contribution in [0.2, 0.25) is 0 Å². The maximum Gasteiger partial charge on any atom is 0.0440 e. The van der Waals surface area contributed by atoms with E-state index in [1.54, 1.807) is 0 Å². The molecule has 0 bridgehead atoms. The zero-order valence-electron chi connectivity index (χ0n) is 15.3. The minimum atomic E-state index is 0.306. The molecule has 0 aromatic heterocycles. The van der Waals surface area contributed by atoms with Gasteiger partial charge in [-0.1, -0.05) is 66.8 Å². The SMILES string of the molecule is C=C/C=C\C(=C/C)Cc1ccc(S)c(CNC2C=CCCC(C)=C2)c1. The van der Waals surface area contributed by atoms with E-state index < -0.39 is 0 Å². The fourth-order valence-electron chi connectivity index (χ4n) is 2.93. The molecule has 1 aliphatic rings. The molecule has 1 aromatic carbocycles. The van der Waals surface area contributed by atoms with E-state index in [4.69, 9.17) is 0 Å². The van der Waals surface area contributed by atoms with Crippen molar-refractivity contribution in [3.8, 4) is 0 Å². The normalized spacial score (nSPS) is 18.3. The Labute approximate surface area is 158 Å². The van der Waals surface area contributed by atoms with E-state index in [9.17, 15) is 0 Å². The Balaban J connectivity index is 2.07. The monoisotopic (exact) mass is 351 g/mol. The molecule has 1 aromatic rings. The Bertz CT molecular complexity index is 707. The van der Waals surface area contributed by atoms with Gasteiger partial charge in [-0.25, -0.2) is 0 Å². The van der Waals surface area contributed by atoms with Crippen LogP contribution >= 0.6 is 12.6 Å². The molecule has 0 saturated carbocycles. The quantitative estimate of drug-likeness (QED) is 0.351. The summed E-state index contributed by atoms with van der Waals surface area (Å²) in [5, 5.41) is 3.62. The van der Waals surface area contributed by atoms with Crippen LogP contribution in [0.3, 0.4) is 0 Å². The number of nitrogens with one attached hydrogen (secondary N) is 1. The lowest BCUT2D eigenvalue weighted by atomic mass is 10.0. The van der Waals surface area contributed by atoms with Gasteiger partial charge < -0.3 is 5.32 Å². The van der Waals surface area contributed by atoms with Crippen molar-refractivity contribution in [3.05, 3.63) is 89.6 Å². The molecule has 25 heavy (non-hydrogen) atoms. The van der Waals surface area contributed by atoms with Crippen LogP contribution < -0.4 is 5.32 Å². The van der Waals surface area contributed by atoms with Gasteiger partial charge in [0.25, 0.3) is 0 Å². The van der Waals surface area contributed by atoms with Crippen molar-refractivity contribution >= 4 is 12.6 Å². The second-order valence-electron chi connectivity index (χ2n) is 6.48. The first-order valence-corrected chi connectivity index (χ1v) is 9.39. The summed E-state index contributed by atoms with van der Waals surface area (Å²) >= 11 is 4.64. The predicted molar refractivity (Wildman–Crippen MR) is 113 cm³/mol. The van der Waals surface area contributed by atoms with Gasteiger partial charge in [0.2, 0.25) is 0 Å². The van der Waals surface area contributed by atoms with Gasteiger partial charge in [-0.05, 0) is 55.9 Å². The number of allylic oxidation sites excluding steroid dienone is 7. The van der Waals surface area contributed by atoms with Crippen LogP contribution in [0.5, 0.6) is 0 Å². The van der Waals surface area contributed by atoms with Gasteiger partial charge in [-0.2, -0.15) is 0 Å². The van der Waals surface area contributed by atoms with Gasteiger partial charge in [-0.15, -0.1) is 12.6 Å². The molecule has 1 N–H and O–H groups in total. The van der Waals surface area contributed by atoms with E-state index in [1.807, 2.05) is 12.2 Å². The first kappa shape index (κ1) is 19.6. The van der Waals surface area contributed by atoms with E-state index in [-0.39, 0.29) is 0 Å². The lowest BCUT2D eigenvalue weighted by Crippen LogP contribution is -2.25. The number of thiol groups is 1. The number of rotatable bonds is 7. The van der Waals surface area contributed by atoms with Crippen molar-refractivity contribution in [1.82, 2.24) is 5.32 Å². The Kier molecular flexibility index (Phi) is 8.03. The molecule has 1 atom stereocenters. The highest BCUT2D eigenvalue weighted by molar-refractivity contribution is 7.80. The van der Waals surface area contributed by atoms with Crippen molar-refractivity contribution in [2.24, 2.45) is 0 Å². The highest BCUT2D eigenvalue weighted by atomic mass is 32.1. The van der Waals surface area contributed by atoms with Crippen LogP contribution in [-0.4, -0.2) is 6.04 Å². The molecule has 0 heterocycles. The lowest BCUT2D eigenvalue weighted by Gasteiger charge is -2.14. The maximum absolute atomic E-state index is 4.64. The average molecular weight is 352 g/mol. The van der Waals surface area contributed by atoms with Crippen molar-refractivity contribution in [2.45, 2.75) is 50.6 Å². The largest absolute Gasteiger partial charge is 0.303 e. The van der Waals surface area contributed by atoms with E-state index in [0.717, 1.165) is 30.7 Å². The van der Waals surface area contributed by atoms with Crippen LogP contribution in [0, 0.1) is 0 Å².